The van der Waals surface area contributed by atoms with E-state index in [0.29, 0.717) is 31.5 Å². The van der Waals surface area contributed by atoms with Crippen LogP contribution in [0.5, 0.6) is 0 Å². The van der Waals surface area contributed by atoms with Gasteiger partial charge in [0.05, 0.1) is 0 Å². The summed E-state index contributed by atoms with van der Waals surface area (Å²) in [6.07, 6.45) is 1.24. The normalized spacial score (nSPS) is 17.0. The van der Waals surface area contributed by atoms with Gasteiger partial charge in [-0.2, -0.15) is 17.4 Å². The minimum atomic E-state index is -3.42. The highest BCUT2D eigenvalue weighted by Gasteiger charge is 2.27. The Kier molecular flexibility index (Phi) is 5.60. The van der Waals surface area contributed by atoms with Crippen molar-refractivity contribution >= 4 is 32.0 Å². The first-order valence-electron chi connectivity index (χ1n) is 7.04. The van der Waals surface area contributed by atoms with Crippen LogP contribution >= 0.6 is 15.9 Å². The predicted octanol–water partition coefficient (Wildman–Crippen LogP) is 1.45. The Morgan fingerprint density at radius 1 is 1.23 bits per heavy atom. The number of benzene rings is 1. The van der Waals surface area contributed by atoms with Crippen LogP contribution in [0.4, 0.5) is 0 Å². The number of hydrogen-bond acceptors (Lipinski definition) is 3. The maximum Gasteiger partial charge on any atom is 0.279 e. The monoisotopic (exact) mass is 389 g/mol. The molecule has 1 amide bonds. The lowest BCUT2D eigenvalue weighted by Crippen LogP contribution is -2.49. The Morgan fingerprint density at radius 2 is 1.77 bits per heavy atom. The fourth-order valence-electron chi connectivity index (χ4n) is 2.29. The molecule has 122 valence electrons. The molecule has 0 aliphatic carbocycles. The third-order valence-electron chi connectivity index (χ3n) is 3.67. The maximum atomic E-state index is 12.4. The Hall–Kier alpha value is -0.960. The van der Waals surface area contributed by atoms with Gasteiger partial charge in [0.15, 0.2) is 0 Å². The van der Waals surface area contributed by atoms with Crippen LogP contribution in [-0.2, 0) is 10.2 Å². The molecule has 0 atom stereocenters. The van der Waals surface area contributed by atoms with E-state index in [2.05, 4.69) is 20.7 Å². The van der Waals surface area contributed by atoms with Gasteiger partial charge in [-0.05, 0) is 37.1 Å². The maximum absolute atomic E-state index is 12.4. The number of halogens is 1. The zero-order valence-electron chi connectivity index (χ0n) is 12.6. The number of carbonyl (C=O) groups is 1. The zero-order chi connectivity index (χ0) is 16.3. The van der Waals surface area contributed by atoms with Crippen LogP contribution in [0, 0.1) is 0 Å². The van der Waals surface area contributed by atoms with Crippen molar-refractivity contribution in [2.75, 3.05) is 27.2 Å². The fraction of sp³-hybridized carbons (Fsp3) is 0.500. The van der Waals surface area contributed by atoms with Crippen molar-refractivity contribution in [3.05, 3.63) is 34.3 Å². The van der Waals surface area contributed by atoms with Crippen LogP contribution in [0.15, 0.2) is 28.7 Å². The van der Waals surface area contributed by atoms with Crippen LogP contribution < -0.4 is 4.72 Å². The number of piperidine rings is 1. The molecule has 0 radical (unpaired) electrons. The topological polar surface area (TPSA) is 69.7 Å². The molecule has 8 heteroatoms. The summed E-state index contributed by atoms with van der Waals surface area (Å²) in [6, 6.07) is 7.12. The van der Waals surface area contributed by atoms with Crippen LogP contribution in [0.25, 0.3) is 0 Å². The highest BCUT2D eigenvalue weighted by Crippen LogP contribution is 2.17. The molecular formula is C14H20BrN3O3S. The summed E-state index contributed by atoms with van der Waals surface area (Å²) in [4.78, 5) is 14.1. The number of hydrogen-bond donors (Lipinski definition) is 1. The second-order valence-electron chi connectivity index (χ2n) is 5.48. The van der Waals surface area contributed by atoms with Gasteiger partial charge in [0.2, 0.25) is 0 Å². The van der Waals surface area contributed by atoms with Gasteiger partial charge >= 0.3 is 0 Å². The number of nitrogens with zero attached hydrogens (tertiary/aromatic N) is 2. The molecule has 1 N–H and O–H groups in total. The van der Waals surface area contributed by atoms with Crippen LogP contribution in [-0.4, -0.2) is 56.8 Å². The highest BCUT2D eigenvalue weighted by atomic mass is 79.9. The zero-order valence-corrected chi connectivity index (χ0v) is 15.0. The first kappa shape index (κ1) is 17.4. The van der Waals surface area contributed by atoms with Crippen molar-refractivity contribution in [2.45, 2.75) is 18.9 Å². The van der Waals surface area contributed by atoms with E-state index in [9.17, 15) is 13.2 Å². The molecular weight excluding hydrogens is 370 g/mol. The molecule has 0 saturated carbocycles. The van der Waals surface area contributed by atoms with Gasteiger partial charge in [0.25, 0.3) is 16.1 Å². The van der Waals surface area contributed by atoms with E-state index in [-0.39, 0.29) is 11.9 Å². The predicted molar refractivity (Wildman–Crippen MR) is 88.8 cm³/mol. The van der Waals surface area contributed by atoms with E-state index in [4.69, 9.17) is 0 Å². The van der Waals surface area contributed by atoms with Gasteiger partial charge in [-0.15, -0.1) is 0 Å². The fourth-order valence-corrected chi connectivity index (χ4v) is 3.42. The van der Waals surface area contributed by atoms with Gasteiger partial charge in [-0.3, -0.25) is 4.79 Å². The third kappa shape index (κ3) is 4.28. The number of likely N-dealkylation sites (tertiary alicyclic amines) is 1. The van der Waals surface area contributed by atoms with Gasteiger partial charge in [-0.1, -0.05) is 15.9 Å². The van der Waals surface area contributed by atoms with Crippen molar-refractivity contribution in [1.29, 1.82) is 0 Å². The van der Waals surface area contributed by atoms with Gasteiger partial charge in [0.1, 0.15) is 0 Å². The Balaban J connectivity index is 1.92. The van der Waals surface area contributed by atoms with E-state index in [0.717, 1.165) is 8.78 Å². The smallest absolute Gasteiger partial charge is 0.279 e. The lowest BCUT2D eigenvalue weighted by atomic mass is 10.0. The second-order valence-corrected chi connectivity index (χ2v) is 8.31. The first-order valence-corrected chi connectivity index (χ1v) is 9.27. The second kappa shape index (κ2) is 7.08. The first-order chi connectivity index (χ1) is 10.3. The van der Waals surface area contributed by atoms with Crippen molar-refractivity contribution in [3.8, 4) is 0 Å². The van der Waals surface area contributed by atoms with Gasteiger partial charge in [-0.25, -0.2) is 0 Å². The lowest BCUT2D eigenvalue weighted by Gasteiger charge is -2.32. The molecule has 1 aliphatic rings. The average Bonchev–Trinajstić information content (AvgIpc) is 2.47. The molecule has 6 nitrogen and oxygen atoms in total. The molecule has 1 heterocycles. The van der Waals surface area contributed by atoms with Crippen molar-refractivity contribution in [2.24, 2.45) is 0 Å². The van der Waals surface area contributed by atoms with Crippen molar-refractivity contribution in [1.82, 2.24) is 13.9 Å². The molecule has 1 aromatic carbocycles. The molecule has 0 spiro atoms. The van der Waals surface area contributed by atoms with Crippen molar-refractivity contribution < 1.29 is 13.2 Å². The van der Waals surface area contributed by atoms with E-state index in [1.165, 1.54) is 14.1 Å². The minimum Gasteiger partial charge on any atom is -0.339 e. The number of carbonyl (C=O) groups excluding carboxylic acids is 1. The summed E-state index contributed by atoms with van der Waals surface area (Å²) in [5.74, 6) is -0.0126. The van der Waals surface area contributed by atoms with Crippen molar-refractivity contribution in [3.63, 3.8) is 0 Å². The Bertz CT molecular complexity index is 623. The molecule has 1 saturated heterocycles. The molecule has 0 bridgehead atoms. The number of nitrogens with one attached hydrogen (secondary N) is 1. The lowest BCUT2D eigenvalue weighted by molar-refractivity contribution is 0.0711. The SMILES string of the molecule is CN(C)S(=O)(=O)NC1CCN(C(=O)c2ccc(Br)cc2)CC1. The van der Waals surface area contributed by atoms with Crippen LogP contribution in [0.3, 0.4) is 0 Å². The summed E-state index contributed by atoms with van der Waals surface area (Å²) < 4.78 is 28.3. The molecule has 0 aromatic heterocycles. The van der Waals surface area contributed by atoms with Gasteiger partial charge < -0.3 is 4.90 Å². The highest BCUT2D eigenvalue weighted by molar-refractivity contribution is 9.10. The Labute approximate surface area is 139 Å². The van der Waals surface area contributed by atoms with Gasteiger partial charge in [0, 0.05) is 43.3 Å². The summed E-state index contributed by atoms with van der Waals surface area (Å²) in [5, 5.41) is 0. The molecule has 0 unspecified atom stereocenters. The molecule has 1 aromatic rings. The summed E-state index contributed by atoms with van der Waals surface area (Å²) in [6.45, 7) is 1.10. The third-order valence-corrected chi connectivity index (χ3v) is 5.79. The molecule has 22 heavy (non-hydrogen) atoms. The quantitative estimate of drug-likeness (QED) is 0.846. The van der Waals surface area contributed by atoms with Crippen LogP contribution in [0.2, 0.25) is 0 Å². The average molecular weight is 390 g/mol. The summed E-state index contributed by atoms with van der Waals surface area (Å²) >= 11 is 3.34. The number of amides is 1. The molecule has 1 aliphatic heterocycles. The van der Waals surface area contributed by atoms with E-state index in [1.807, 2.05) is 12.1 Å². The summed E-state index contributed by atoms with van der Waals surface area (Å²) in [5.41, 5.74) is 0.649. The standard InChI is InChI=1S/C14H20BrN3O3S/c1-17(2)22(20,21)16-13-7-9-18(10-8-13)14(19)11-3-5-12(15)6-4-11/h3-6,13,16H,7-10H2,1-2H3. The van der Waals surface area contributed by atoms with Crippen LogP contribution in [0.1, 0.15) is 23.2 Å². The molecule has 1 fully saturated rings. The Morgan fingerprint density at radius 3 is 2.27 bits per heavy atom. The van der Waals surface area contributed by atoms with E-state index < -0.39 is 10.2 Å². The summed E-state index contributed by atoms with van der Waals surface area (Å²) in [7, 11) is -0.429. The largest absolute Gasteiger partial charge is 0.339 e. The van der Waals surface area contributed by atoms with E-state index in [1.54, 1.807) is 17.0 Å². The minimum absolute atomic E-state index is 0.0126. The van der Waals surface area contributed by atoms with E-state index >= 15 is 0 Å². The molecule has 2 rings (SSSR count). The number of rotatable bonds is 4.